The number of aryl methyl sites for hydroxylation is 1. The number of hydrogen-bond donors (Lipinski definition) is 4. The molecule has 1 heterocycles. The summed E-state index contributed by atoms with van der Waals surface area (Å²) in [5.41, 5.74) is 7.55. The van der Waals surface area contributed by atoms with Gasteiger partial charge in [-0.2, -0.15) is 0 Å². The van der Waals surface area contributed by atoms with Crippen molar-refractivity contribution in [2.24, 2.45) is 0 Å². The number of aliphatic hydroxyl groups excluding tert-OH is 2. The van der Waals surface area contributed by atoms with Crippen LogP contribution >= 0.6 is 23.4 Å². The van der Waals surface area contributed by atoms with Gasteiger partial charge in [-0.1, -0.05) is 29.8 Å². The summed E-state index contributed by atoms with van der Waals surface area (Å²) >= 11 is 7.53. The van der Waals surface area contributed by atoms with Gasteiger partial charge in [0.1, 0.15) is 5.82 Å². The third kappa shape index (κ3) is 7.06. The molecule has 9 nitrogen and oxygen atoms in total. The van der Waals surface area contributed by atoms with E-state index in [2.05, 4.69) is 10.9 Å². The average molecular weight is 527 g/mol. The van der Waals surface area contributed by atoms with E-state index >= 15 is 0 Å². The maximum Gasteiger partial charge on any atom is 0.346 e. The fourth-order valence-corrected chi connectivity index (χ4v) is 4.89. The summed E-state index contributed by atoms with van der Waals surface area (Å²) in [7, 11) is 0. The molecule has 0 saturated heterocycles. The quantitative estimate of drug-likeness (QED) is 0.352. The van der Waals surface area contributed by atoms with Crippen molar-refractivity contribution in [1.29, 1.82) is 0 Å². The normalized spacial score (nSPS) is 14.4. The minimum Gasteiger partial charge on any atom is -0.394 e. The monoisotopic (exact) mass is 526 g/mol. The molecule has 1 aliphatic rings. The number of hydrogen-bond acceptors (Lipinski definition) is 7. The lowest BCUT2D eigenvalue weighted by molar-refractivity contribution is -0.139. The molecule has 12 heteroatoms. The van der Waals surface area contributed by atoms with Crippen LogP contribution in [0, 0.1) is 12.7 Å². The van der Waals surface area contributed by atoms with E-state index in [4.69, 9.17) is 16.4 Å². The van der Waals surface area contributed by atoms with Crippen LogP contribution in [0.2, 0.25) is 5.02 Å². The first-order chi connectivity index (χ1) is 16.7. The molecule has 0 radical (unpaired) electrons. The van der Waals surface area contributed by atoms with Crippen molar-refractivity contribution < 1.29 is 29.0 Å². The fourth-order valence-electron chi connectivity index (χ4n) is 3.58. The van der Waals surface area contributed by atoms with E-state index < -0.39 is 36.5 Å². The summed E-state index contributed by atoms with van der Waals surface area (Å²) in [4.78, 5) is 33.0. The molecule has 35 heavy (non-hydrogen) atoms. The number of hydroxylamine groups is 1. The van der Waals surface area contributed by atoms with Crippen LogP contribution in [0.3, 0.4) is 0 Å². The molecule has 0 bridgehead atoms. The number of halogens is 2. The molecule has 1 aliphatic heterocycles. The lowest BCUT2D eigenvalue weighted by Gasteiger charge is -2.32. The molecule has 3 rings (SSSR count). The lowest BCUT2D eigenvalue weighted by atomic mass is 10.1. The number of anilines is 1. The highest BCUT2D eigenvalue weighted by Crippen LogP contribution is 2.38. The number of thioether (sulfide) groups is 1. The van der Waals surface area contributed by atoms with Crippen molar-refractivity contribution in [2.75, 3.05) is 24.0 Å². The second-order valence-electron chi connectivity index (χ2n) is 8.05. The number of carbonyl (C=O) groups is 2. The molecule has 0 spiro atoms. The van der Waals surface area contributed by atoms with Crippen LogP contribution in [-0.2, 0) is 16.2 Å². The van der Waals surface area contributed by atoms with Gasteiger partial charge in [0.05, 0.1) is 41.9 Å². The van der Waals surface area contributed by atoms with Gasteiger partial charge >= 0.3 is 6.03 Å². The molecule has 190 valence electrons. The first-order valence-electron chi connectivity index (χ1n) is 10.9. The van der Waals surface area contributed by atoms with E-state index in [9.17, 15) is 24.2 Å². The molecule has 0 aromatic heterocycles. The maximum absolute atomic E-state index is 13.8. The predicted octanol–water partition coefficient (Wildman–Crippen LogP) is 2.96. The summed E-state index contributed by atoms with van der Waals surface area (Å²) in [6.07, 6.45) is -1.18. The third-order valence-corrected chi connectivity index (χ3v) is 6.81. The van der Waals surface area contributed by atoms with Crippen LogP contribution in [-0.4, -0.2) is 58.4 Å². The number of carbonyl (C=O) groups excluding carboxylic acids is 2. The van der Waals surface area contributed by atoms with E-state index in [-0.39, 0.29) is 24.6 Å². The highest BCUT2D eigenvalue weighted by atomic mass is 35.5. The molecular formula is C23H28ClFN4O5S. The van der Waals surface area contributed by atoms with Crippen molar-refractivity contribution in [1.82, 2.24) is 15.9 Å². The second-order valence-corrected chi connectivity index (χ2v) is 9.42. The molecular weight excluding hydrogens is 499 g/mol. The Morgan fingerprint density at radius 3 is 2.83 bits per heavy atom. The fraction of sp³-hybridized carbons (Fsp3) is 0.391. The Balaban J connectivity index is 1.64. The smallest absolute Gasteiger partial charge is 0.346 e. The van der Waals surface area contributed by atoms with E-state index in [0.29, 0.717) is 11.4 Å². The number of amides is 3. The molecule has 0 aliphatic carbocycles. The molecule has 0 saturated carbocycles. The summed E-state index contributed by atoms with van der Waals surface area (Å²) < 4.78 is 13.8. The number of nitrogens with zero attached hydrogens (tertiary/aromatic N) is 2. The number of fused-ring (bicyclic) bond motifs is 1. The topological polar surface area (TPSA) is 114 Å². The van der Waals surface area contributed by atoms with Crippen molar-refractivity contribution in [3.63, 3.8) is 0 Å². The molecule has 3 amide bonds. The Bertz CT molecular complexity index is 1060. The average Bonchev–Trinajstić information content (AvgIpc) is 3.24. The highest BCUT2D eigenvalue weighted by Gasteiger charge is 2.28. The first-order valence-corrected chi connectivity index (χ1v) is 12.3. The van der Waals surface area contributed by atoms with Gasteiger partial charge < -0.3 is 10.2 Å². The van der Waals surface area contributed by atoms with Crippen molar-refractivity contribution in [3.8, 4) is 0 Å². The van der Waals surface area contributed by atoms with Gasteiger partial charge in [0.25, 0.3) is 0 Å². The maximum atomic E-state index is 13.8. The van der Waals surface area contributed by atoms with E-state index in [0.717, 1.165) is 16.1 Å². The van der Waals surface area contributed by atoms with E-state index in [1.807, 2.05) is 25.1 Å². The molecule has 0 unspecified atom stereocenters. The second kappa shape index (κ2) is 12.5. The van der Waals surface area contributed by atoms with E-state index in [1.165, 1.54) is 40.7 Å². The Labute approximate surface area is 212 Å². The van der Waals surface area contributed by atoms with Crippen molar-refractivity contribution in [2.45, 2.75) is 43.9 Å². The molecule has 2 atom stereocenters. The van der Waals surface area contributed by atoms with Gasteiger partial charge in [-0.15, -0.1) is 11.8 Å². The van der Waals surface area contributed by atoms with E-state index in [1.54, 1.807) is 6.07 Å². The number of rotatable bonds is 10. The van der Waals surface area contributed by atoms with Crippen LogP contribution in [0.25, 0.3) is 0 Å². The molecule has 4 N–H and O–H groups in total. The number of hydrazine groups is 1. The summed E-state index contributed by atoms with van der Waals surface area (Å²) in [6, 6.07) is 8.87. The highest BCUT2D eigenvalue weighted by molar-refractivity contribution is 8.00. The molecule has 0 fully saturated rings. The number of aliphatic hydroxyl groups is 2. The number of nitrogens with one attached hydrogen (secondary N) is 2. The first kappa shape index (κ1) is 27.2. The largest absolute Gasteiger partial charge is 0.394 e. The Morgan fingerprint density at radius 2 is 2.11 bits per heavy atom. The lowest BCUT2D eigenvalue weighted by Crippen LogP contribution is -2.52. The predicted molar refractivity (Wildman–Crippen MR) is 131 cm³/mol. The van der Waals surface area contributed by atoms with Crippen LogP contribution in [0.1, 0.15) is 24.5 Å². The van der Waals surface area contributed by atoms with Gasteiger partial charge in [0.2, 0.25) is 5.91 Å². The SMILES string of the molecule is CC(=O)N(NCc1cccc(F)c1Cl)[C@H](CONC(=O)N1CSc2cc(C)ccc21)C[C@@H](O)CO. The van der Waals surface area contributed by atoms with Gasteiger partial charge in [-0.3, -0.25) is 19.5 Å². The van der Waals surface area contributed by atoms with Crippen molar-refractivity contribution >= 4 is 41.0 Å². The van der Waals surface area contributed by atoms with Crippen LogP contribution < -0.4 is 15.8 Å². The number of benzene rings is 2. The Kier molecular flexibility index (Phi) is 9.72. The van der Waals surface area contributed by atoms with Gasteiger partial charge in [-0.25, -0.2) is 20.1 Å². The molecule has 2 aromatic carbocycles. The number of urea groups is 1. The zero-order valence-corrected chi connectivity index (χ0v) is 20.9. The minimum atomic E-state index is -1.13. The van der Waals surface area contributed by atoms with Gasteiger partial charge in [0, 0.05) is 18.4 Å². The standard InChI is InChI=1S/C23H28ClFN4O5S/c1-14-6-7-20-21(8-14)35-13-28(20)23(33)27-34-12-17(9-18(32)11-30)29(15(2)31)26-10-16-4-3-5-19(25)22(16)24/h3-8,17-18,26,30,32H,9-13H2,1-2H3,(H,27,33)/t17-,18+/m0/s1. The van der Waals surface area contributed by atoms with Gasteiger partial charge in [-0.05, 0) is 42.7 Å². The molecule has 2 aromatic rings. The zero-order chi connectivity index (χ0) is 25.5. The van der Waals surface area contributed by atoms with Crippen LogP contribution in [0.15, 0.2) is 41.3 Å². The minimum absolute atomic E-state index is 0.0233. The van der Waals surface area contributed by atoms with Crippen LogP contribution in [0.4, 0.5) is 14.9 Å². The Morgan fingerprint density at radius 1 is 1.34 bits per heavy atom. The van der Waals surface area contributed by atoms with Gasteiger partial charge in [0.15, 0.2) is 0 Å². The summed E-state index contributed by atoms with van der Waals surface area (Å²) in [5, 5.41) is 20.4. The Hall–Kier alpha value is -2.41. The summed E-state index contributed by atoms with van der Waals surface area (Å²) in [6.45, 7) is 2.59. The zero-order valence-electron chi connectivity index (χ0n) is 19.3. The summed E-state index contributed by atoms with van der Waals surface area (Å²) in [5.74, 6) is -0.575. The van der Waals surface area contributed by atoms with Crippen LogP contribution in [0.5, 0.6) is 0 Å². The third-order valence-electron chi connectivity index (χ3n) is 5.37. The van der Waals surface area contributed by atoms with Crippen molar-refractivity contribution in [3.05, 3.63) is 58.4 Å².